The van der Waals surface area contributed by atoms with E-state index in [0.717, 1.165) is 17.0 Å². The summed E-state index contributed by atoms with van der Waals surface area (Å²) in [6.45, 7) is 3.56. The number of anilines is 2. The molecule has 1 aromatic carbocycles. The van der Waals surface area contributed by atoms with Gasteiger partial charge in [-0.2, -0.15) is 5.26 Å². The largest absolute Gasteiger partial charge is 0.355 e. The molecular formula is C23H21N5O3S. The van der Waals surface area contributed by atoms with Crippen LogP contribution in [0.3, 0.4) is 0 Å². The van der Waals surface area contributed by atoms with Gasteiger partial charge in [0.2, 0.25) is 5.91 Å². The first kappa shape index (κ1) is 24.0. The number of hydrogen-bond donors (Lipinski definition) is 2. The molecule has 9 heteroatoms. The van der Waals surface area contributed by atoms with Crippen LogP contribution in [0.4, 0.5) is 11.4 Å². The molecule has 0 atom stereocenters. The van der Waals surface area contributed by atoms with Gasteiger partial charge in [-0.05, 0) is 25.1 Å². The molecule has 0 fully saturated rings. The van der Waals surface area contributed by atoms with Gasteiger partial charge in [0.25, 0.3) is 11.5 Å². The van der Waals surface area contributed by atoms with Gasteiger partial charge in [0.1, 0.15) is 15.3 Å². The van der Waals surface area contributed by atoms with Gasteiger partial charge in [0.15, 0.2) is 5.57 Å². The quantitative estimate of drug-likeness (QED) is 0.381. The topological polar surface area (TPSA) is 107 Å². The Morgan fingerprint density at radius 1 is 1.38 bits per heavy atom. The van der Waals surface area contributed by atoms with E-state index in [1.165, 1.54) is 22.6 Å². The Morgan fingerprint density at radius 3 is 2.75 bits per heavy atom. The highest BCUT2D eigenvalue weighted by molar-refractivity contribution is 7.07. The monoisotopic (exact) mass is 447 g/mol. The van der Waals surface area contributed by atoms with Gasteiger partial charge >= 0.3 is 0 Å². The maximum Gasteiger partial charge on any atom is 0.277 e. The van der Waals surface area contributed by atoms with Crippen LogP contribution in [0.2, 0.25) is 0 Å². The van der Waals surface area contributed by atoms with Crippen LogP contribution in [0, 0.1) is 23.7 Å². The smallest absolute Gasteiger partial charge is 0.277 e. The zero-order valence-electron chi connectivity index (χ0n) is 17.9. The van der Waals surface area contributed by atoms with E-state index in [4.69, 9.17) is 6.42 Å². The van der Waals surface area contributed by atoms with Gasteiger partial charge < -0.3 is 15.5 Å². The summed E-state index contributed by atoms with van der Waals surface area (Å²) in [5, 5.41) is 14.7. The van der Waals surface area contributed by atoms with Gasteiger partial charge in [-0.1, -0.05) is 34.8 Å². The zero-order valence-corrected chi connectivity index (χ0v) is 18.7. The van der Waals surface area contributed by atoms with Crippen LogP contribution in [0.25, 0.3) is 11.5 Å². The van der Waals surface area contributed by atoms with Crippen molar-refractivity contribution >= 4 is 46.0 Å². The lowest BCUT2D eigenvalue weighted by atomic mass is 10.2. The molecule has 0 saturated heterocycles. The van der Waals surface area contributed by atoms with Crippen LogP contribution in [-0.4, -0.2) is 30.0 Å². The van der Waals surface area contributed by atoms with Crippen molar-refractivity contribution in [2.75, 3.05) is 23.8 Å². The van der Waals surface area contributed by atoms with Crippen molar-refractivity contribution < 1.29 is 9.59 Å². The van der Waals surface area contributed by atoms with Crippen molar-refractivity contribution in [3.8, 4) is 18.4 Å². The van der Waals surface area contributed by atoms with Crippen molar-refractivity contribution in [3.05, 3.63) is 55.6 Å². The van der Waals surface area contributed by atoms with Gasteiger partial charge in [-0.3, -0.25) is 19.0 Å². The third-order valence-corrected chi connectivity index (χ3v) is 5.28. The SMILES string of the molecule is C#CCNC(=O)C(=C=c1sc(=C=CNc2cccc(N(C)C(C)=O)c2)c(=O)n1CC)C#N. The lowest BCUT2D eigenvalue weighted by molar-refractivity contribution is -0.117. The number of nitrogens with one attached hydrogen (secondary N) is 2. The van der Waals surface area contributed by atoms with Gasteiger partial charge in [0.05, 0.1) is 6.54 Å². The first-order chi connectivity index (χ1) is 15.3. The van der Waals surface area contributed by atoms with Gasteiger partial charge in [-0.25, -0.2) is 0 Å². The zero-order chi connectivity index (χ0) is 23.7. The summed E-state index contributed by atoms with van der Waals surface area (Å²) in [4.78, 5) is 37.7. The number of amides is 2. The molecule has 2 aromatic rings. The first-order valence-corrected chi connectivity index (χ1v) is 10.3. The molecule has 0 radical (unpaired) electrons. The fourth-order valence-electron chi connectivity index (χ4n) is 2.51. The summed E-state index contributed by atoms with van der Waals surface area (Å²) in [5.74, 6) is 1.50. The number of nitriles is 1. The lowest BCUT2D eigenvalue weighted by Gasteiger charge is -2.15. The van der Waals surface area contributed by atoms with Crippen molar-refractivity contribution in [1.29, 1.82) is 5.26 Å². The molecule has 1 aromatic heterocycles. The second-order valence-corrected chi connectivity index (χ2v) is 7.34. The van der Waals surface area contributed by atoms with E-state index >= 15 is 0 Å². The first-order valence-electron chi connectivity index (χ1n) is 9.50. The average Bonchev–Trinajstić information content (AvgIpc) is 3.09. The van der Waals surface area contributed by atoms with Crippen molar-refractivity contribution in [2.45, 2.75) is 20.4 Å². The molecule has 162 valence electrons. The molecule has 1 heterocycles. The highest BCUT2D eigenvalue weighted by atomic mass is 32.1. The standard InChI is InChI=1S/C23H21N5O3S/c1-5-11-26-22(30)17(15-24)13-21-28(6-2)23(31)20(32-21)10-12-25-18-8-7-9-19(14-18)27(4)16(3)29/h1,7-9,12,14,25H,6,11H2,2-4H3,(H,26,30). The molecule has 0 aliphatic carbocycles. The third-order valence-electron chi connectivity index (χ3n) is 4.27. The third kappa shape index (κ3) is 5.89. The maximum atomic E-state index is 12.7. The van der Waals surface area contributed by atoms with Crippen LogP contribution in [0.15, 0.2) is 40.8 Å². The number of carbonyl (C=O) groups excluding carboxylic acids is 2. The molecule has 0 spiro atoms. The van der Waals surface area contributed by atoms with E-state index in [1.54, 1.807) is 38.2 Å². The van der Waals surface area contributed by atoms with Gasteiger partial charge in [0, 0.05) is 38.1 Å². The molecule has 0 unspecified atom stereocenters. The summed E-state index contributed by atoms with van der Waals surface area (Å²) in [7, 11) is 1.68. The Morgan fingerprint density at radius 2 is 2.12 bits per heavy atom. The fraction of sp³-hybridized carbons (Fsp3) is 0.217. The summed E-state index contributed by atoms with van der Waals surface area (Å²) in [6.07, 6.45) is 6.59. The van der Waals surface area contributed by atoms with E-state index in [9.17, 15) is 19.6 Å². The van der Waals surface area contributed by atoms with E-state index in [0.29, 0.717) is 16.9 Å². The molecule has 0 saturated carbocycles. The van der Waals surface area contributed by atoms with E-state index < -0.39 is 5.91 Å². The summed E-state index contributed by atoms with van der Waals surface area (Å²) >= 11 is 1.05. The summed E-state index contributed by atoms with van der Waals surface area (Å²) in [5.41, 5.74) is 6.43. The Labute approximate surface area is 189 Å². The molecular weight excluding hydrogens is 426 g/mol. The number of carbonyl (C=O) groups is 2. The van der Waals surface area contributed by atoms with Crippen LogP contribution in [0.1, 0.15) is 13.8 Å². The van der Waals surface area contributed by atoms with Crippen LogP contribution >= 0.6 is 11.3 Å². The predicted octanol–water partition coefficient (Wildman–Crippen LogP) is 0.496. The van der Waals surface area contributed by atoms with E-state index in [2.05, 4.69) is 28.0 Å². The maximum absolute atomic E-state index is 12.7. The molecule has 2 amide bonds. The Kier molecular flexibility index (Phi) is 8.42. The Hall–Kier alpha value is -4.26. The van der Waals surface area contributed by atoms with Crippen LogP contribution in [0.5, 0.6) is 0 Å². The molecule has 0 aliphatic rings. The normalized spacial score (nSPS) is 9.41. The van der Waals surface area contributed by atoms with Crippen LogP contribution < -0.4 is 30.3 Å². The Bertz CT molecular complexity index is 1370. The second-order valence-electron chi connectivity index (χ2n) is 6.35. The number of rotatable bonds is 6. The van der Waals surface area contributed by atoms with E-state index in [-0.39, 0.29) is 28.1 Å². The van der Waals surface area contributed by atoms with E-state index in [1.807, 2.05) is 6.07 Å². The van der Waals surface area contributed by atoms with Crippen molar-refractivity contribution in [2.24, 2.45) is 0 Å². The minimum Gasteiger partial charge on any atom is -0.355 e. The number of hydrogen-bond acceptors (Lipinski definition) is 6. The molecule has 2 N–H and O–H groups in total. The summed E-state index contributed by atoms with van der Waals surface area (Å²) < 4.78 is 2.00. The average molecular weight is 448 g/mol. The van der Waals surface area contributed by atoms with Crippen molar-refractivity contribution in [1.82, 2.24) is 9.88 Å². The lowest BCUT2D eigenvalue weighted by Crippen LogP contribution is -2.30. The number of nitrogens with zero attached hydrogens (tertiary/aromatic N) is 3. The predicted molar refractivity (Wildman–Crippen MR) is 125 cm³/mol. The van der Waals surface area contributed by atoms with Gasteiger partial charge in [-0.15, -0.1) is 6.42 Å². The molecule has 32 heavy (non-hydrogen) atoms. The fourth-order valence-corrected chi connectivity index (χ4v) is 3.50. The molecule has 0 bridgehead atoms. The number of thiazole rings is 1. The highest BCUT2D eigenvalue weighted by Crippen LogP contribution is 2.18. The molecule has 0 aliphatic heterocycles. The number of aromatic nitrogens is 1. The Balaban J connectivity index is 2.50. The second kappa shape index (κ2) is 11.2. The van der Waals surface area contributed by atoms with Crippen LogP contribution in [-0.2, 0) is 16.1 Å². The summed E-state index contributed by atoms with van der Waals surface area (Å²) in [6, 6.07) is 8.97. The minimum absolute atomic E-state index is 0.0203. The highest BCUT2D eigenvalue weighted by Gasteiger charge is 2.08. The van der Waals surface area contributed by atoms with Crippen molar-refractivity contribution in [3.63, 3.8) is 0 Å². The molecule has 8 nitrogen and oxygen atoms in total. The minimum atomic E-state index is -0.660. The molecule has 2 rings (SSSR count). The number of benzene rings is 1. The number of terminal acetylenes is 1.